The first-order valence-electron chi connectivity index (χ1n) is 10.2. The normalized spacial score (nSPS) is 13.0. The third-order valence-electron chi connectivity index (χ3n) is 5.61. The standard InChI is InChI=1S/C24H20N2O7/c27-22-10-9-14(12-21(22)26(31)32)11-20(23(28)29)25-24(30)33-13-19-17-7-3-1-5-15(17)16-6-2-4-8-18(16)19/h1-10,12,19-20,27H,11,13H2,(H,25,30)(H,28,29). The lowest BCUT2D eigenvalue weighted by atomic mass is 9.98. The molecule has 9 heteroatoms. The number of carboxylic acid groups (broad SMARTS) is 1. The van der Waals surface area contributed by atoms with Crippen molar-refractivity contribution in [3.63, 3.8) is 0 Å². The fraction of sp³-hybridized carbons (Fsp3) is 0.167. The predicted molar refractivity (Wildman–Crippen MR) is 118 cm³/mol. The summed E-state index contributed by atoms with van der Waals surface area (Å²) in [7, 11) is 0. The molecule has 33 heavy (non-hydrogen) atoms. The second kappa shape index (κ2) is 8.99. The van der Waals surface area contributed by atoms with E-state index in [1.807, 2.05) is 48.5 Å². The molecule has 3 N–H and O–H groups in total. The quantitative estimate of drug-likeness (QED) is 0.369. The van der Waals surface area contributed by atoms with Gasteiger partial charge in [0.25, 0.3) is 0 Å². The number of nitrogens with one attached hydrogen (secondary N) is 1. The number of nitro groups is 1. The van der Waals surface area contributed by atoms with Crippen molar-refractivity contribution < 1.29 is 29.5 Å². The van der Waals surface area contributed by atoms with Gasteiger partial charge >= 0.3 is 17.7 Å². The number of nitrogens with zero attached hydrogens (tertiary/aromatic N) is 1. The molecule has 0 fully saturated rings. The predicted octanol–water partition coefficient (Wildman–Crippen LogP) is 3.83. The number of hydrogen-bond donors (Lipinski definition) is 3. The summed E-state index contributed by atoms with van der Waals surface area (Å²) in [5.74, 6) is -2.02. The van der Waals surface area contributed by atoms with Gasteiger partial charge in [0, 0.05) is 18.4 Å². The lowest BCUT2D eigenvalue weighted by Crippen LogP contribution is -2.42. The first kappa shape index (κ1) is 21.8. The molecule has 0 spiro atoms. The number of amides is 1. The van der Waals surface area contributed by atoms with Gasteiger partial charge in [-0.3, -0.25) is 10.1 Å². The highest BCUT2D eigenvalue weighted by atomic mass is 16.6. The van der Waals surface area contributed by atoms with Gasteiger partial charge in [0.1, 0.15) is 12.6 Å². The number of ether oxygens (including phenoxy) is 1. The second-order valence-corrected chi connectivity index (χ2v) is 7.65. The zero-order chi connectivity index (χ0) is 23.5. The number of phenolic OH excluding ortho intramolecular Hbond substituents is 1. The summed E-state index contributed by atoms with van der Waals surface area (Å²) in [5.41, 5.74) is 3.91. The van der Waals surface area contributed by atoms with Crippen molar-refractivity contribution >= 4 is 17.7 Å². The van der Waals surface area contributed by atoms with Crippen molar-refractivity contribution in [3.8, 4) is 16.9 Å². The van der Waals surface area contributed by atoms with Gasteiger partial charge in [0.15, 0.2) is 5.75 Å². The number of carbonyl (C=O) groups excluding carboxylic acids is 1. The second-order valence-electron chi connectivity index (χ2n) is 7.65. The minimum Gasteiger partial charge on any atom is -0.502 e. The van der Waals surface area contributed by atoms with E-state index in [0.717, 1.165) is 34.4 Å². The number of hydrogen-bond acceptors (Lipinski definition) is 6. The highest BCUT2D eigenvalue weighted by Gasteiger charge is 2.30. The van der Waals surface area contributed by atoms with Gasteiger partial charge in [-0.05, 0) is 33.9 Å². The molecule has 4 rings (SSSR count). The van der Waals surface area contributed by atoms with Crippen LogP contribution in [0, 0.1) is 10.1 Å². The smallest absolute Gasteiger partial charge is 0.407 e. The number of nitro benzene ring substituents is 1. The number of aliphatic carboxylic acids is 1. The summed E-state index contributed by atoms with van der Waals surface area (Å²) in [6, 6.07) is 17.8. The fourth-order valence-electron chi connectivity index (χ4n) is 4.06. The van der Waals surface area contributed by atoms with Crippen LogP contribution in [0.2, 0.25) is 0 Å². The molecular weight excluding hydrogens is 428 g/mol. The number of aromatic hydroxyl groups is 1. The van der Waals surface area contributed by atoms with Crippen LogP contribution in [0.25, 0.3) is 11.1 Å². The number of rotatable bonds is 7. The van der Waals surface area contributed by atoms with Crippen LogP contribution >= 0.6 is 0 Å². The average Bonchev–Trinajstić information content (AvgIpc) is 3.12. The number of carboxylic acids is 1. The Morgan fingerprint density at radius 1 is 1.03 bits per heavy atom. The minimum atomic E-state index is -1.37. The zero-order valence-electron chi connectivity index (χ0n) is 17.3. The van der Waals surface area contributed by atoms with Crippen LogP contribution in [0.15, 0.2) is 66.7 Å². The van der Waals surface area contributed by atoms with Crippen LogP contribution in [0.1, 0.15) is 22.6 Å². The number of carbonyl (C=O) groups is 2. The Morgan fingerprint density at radius 3 is 2.21 bits per heavy atom. The first-order valence-corrected chi connectivity index (χ1v) is 10.2. The number of fused-ring (bicyclic) bond motifs is 3. The van der Waals surface area contributed by atoms with Gasteiger partial charge < -0.3 is 20.3 Å². The van der Waals surface area contributed by atoms with Gasteiger partial charge in [0.2, 0.25) is 0 Å². The summed E-state index contributed by atoms with van der Waals surface area (Å²) >= 11 is 0. The van der Waals surface area contributed by atoms with Crippen LogP contribution in [0.3, 0.4) is 0 Å². The van der Waals surface area contributed by atoms with Crippen LogP contribution < -0.4 is 5.32 Å². The molecule has 0 saturated carbocycles. The molecule has 0 bridgehead atoms. The lowest BCUT2D eigenvalue weighted by molar-refractivity contribution is -0.385. The van der Waals surface area contributed by atoms with E-state index < -0.39 is 34.5 Å². The third-order valence-corrected chi connectivity index (χ3v) is 5.61. The maximum atomic E-state index is 12.4. The van der Waals surface area contributed by atoms with E-state index in [2.05, 4.69) is 5.32 Å². The molecule has 1 aliphatic rings. The van der Waals surface area contributed by atoms with E-state index >= 15 is 0 Å². The number of benzene rings is 3. The van der Waals surface area contributed by atoms with E-state index in [1.165, 1.54) is 6.07 Å². The van der Waals surface area contributed by atoms with E-state index in [-0.39, 0.29) is 24.5 Å². The highest BCUT2D eigenvalue weighted by Crippen LogP contribution is 2.44. The number of alkyl carbamates (subject to hydrolysis) is 1. The molecule has 3 aromatic rings. The summed E-state index contributed by atoms with van der Waals surface area (Å²) in [6.07, 6.45) is -1.13. The lowest BCUT2D eigenvalue weighted by Gasteiger charge is -2.17. The Bertz CT molecular complexity index is 1200. The Kier molecular flexibility index (Phi) is 5.95. The van der Waals surface area contributed by atoms with Gasteiger partial charge in [-0.2, -0.15) is 0 Å². The van der Waals surface area contributed by atoms with Gasteiger partial charge in [-0.15, -0.1) is 0 Å². The van der Waals surface area contributed by atoms with E-state index in [9.17, 15) is 29.9 Å². The zero-order valence-corrected chi connectivity index (χ0v) is 17.3. The van der Waals surface area contributed by atoms with Crippen LogP contribution in [-0.2, 0) is 16.0 Å². The van der Waals surface area contributed by atoms with E-state index in [4.69, 9.17) is 4.74 Å². The Hall–Kier alpha value is -4.40. The molecule has 1 aliphatic carbocycles. The fourth-order valence-corrected chi connectivity index (χ4v) is 4.06. The largest absolute Gasteiger partial charge is 0.502 e. The maximum Gasteiger partial charge on any atom is 0.407 e. The molecule has 1 unspecified atom stereocenters. The van der Waals surface area contributed by atoms with Crippen LogP contribution in [-0.4, -0.2) is 39.8 Å². The van der Waals surface area contributed by atoms with Crippen molar-refractivity contribution in [1.29, 1.82) is 0 Å². The van der Waals surface area contributed by atoms with Crippen molar-refractivity contribution in [2.75, 3.05) is 6.61 Å². The molecule has 0 aromatic heterocycles. The molecular formula is C24H20N2O7. The van der Waals surface area contributed by atoms with Crippen molar-refractivity contribution in [3.05, 3.63) is 93.5 Å². The Morgan fingerprint density at radius 2 is 1.64 bits per heavy atom. The molecule has 9 nitrogen and oxygen atoms in total. The molecule has 0 aliphatic heterocycles. The van der Waals surface area contributed by atoms with Crippen molar-refractivity contribution in [1.82, 2.24) is 5.32 Å². The summed E-state index contributed by atoms with van der Waals surface area (Å²) < 4.78 is 5.38. The van der Waals surface area contributed by atoms with Crippen LogP contribution in [0.4, 0.5) is 10.5 Å². The van der Waals surface area contributed by atoms with Gasteiger partial charge in [-0.25, -0.2) is 9.59 Å². The van der Waals surface area contributed by atoms with Gasteiger partial charge in [-0.1, -0.05) is 54.6 Å². The van der Waals surface area contributed by atoms with Crippen molar-refractivity contribution in [2.24, 2.45) is 0 Å². The summed E-state index contributed by atoms with van der Waals surface area (Å²) in [4.78, 5) is 34.3. The number of phenols is 1. The molecule has 0 radical (unpaired) electrons. The molecule has 1 atom stereocenters. The Labute approximate surface area is 188 Å². The highest BCUT2D eigenvalue weighted by molar-refractivity contribution is 5.81. The third kappa shape index (κ3) is 4.47. The first-order chi connectivity index (χ1) is 15.8. The van der Waals surface area contributed by atoms with Crippen LogP contribution in [0.5, 0.6) is 5.75 Å². The molecule has 3 aromatic carbocycles. The summed E-state index contributed by atoms with van der Waals surface area (Å²) in [6.45, 7) is 0.0247. The monoisotopic (exact) mass is 448 g/mol. The molecule has 168 valence electrons. The molecule has 0 saturated heterocycles. The topological polar surface area (TPSA) is 139 Å². The Balaban J connectivity index is 1.44. The maximum absolute atomic E-state index is 12.4. The van der Waals surface area contributed by atoms with Crippen molar-refractivity contribution in [2.45, 2.75) is 18.4 Å². The van der Waals surface area contributed by atoms with Gasteiger partial charge in [0.05, 0.1) is 4.92 Å². The average molecular weight is 448 g/mol. The minimum absolute atomic E-state index is 0.0247. The SMILES string of the molecule is O=C(NC(Cc1ccc(O)c([N+](=O)[O-])c1)C(=O)O)OCC1c2ccccc2-c2ccccc21. The summed E-state index contributed by atoms with van der Waals surface area (Å²) in [5, 5.41) is 32.4. The van der Waals surface area contributed by atoms with E-state index in [1.54, 1.807) is 0 Å². The molecule has 1 amide bonds. The van der Waals surface area contributed by atoms with E-state index in [0.29, 0.717) is 0 Å². The molecule has 0 heterocycles.